The number of ether oxygens (including phenoxy) is 2. The van der Waals surface area contributed by atoms with E-state index in [9.17, 15) is 9.18 Å². The van der Waals surface area contributed by atoms with Crippen LogP contribution >= 0.6 is 11.6 Å². The van der Waals surface area contributed by atoms with E-state index in [0.717, 1.165) is 25.3 Å². The predicted octanol–water partition coefficient (Wildman–Crippen LogP) is 5.97. The predicted molar refractivity (Wildman–Crippen MR) is 147 cm³/mol. The first-order valence-electron chi connectivity index (χ1n) is 12.4. The van der Waals surface area contributed by atoms with Gasteiger partial charge in [-0.3, -0.25) is 4.79 Å². The van der Waals surface area contributed by atoms with Crippen molar-refractivity contribution in [3.63, 3.8) is 0 Å². The molecule has 3 aromatic carbocycles. The molecule has 0 aliphatic rings. The second kappa shape index (κ2) is 13.1. The van der Waals surface area contributed by atoms with Crippen LogP contribution < -0.4 is 20.1 Å². The van der Waals surface area contributed by atoms with Crippen LogP contribution in [0.4, 0.5) is 10.1 Å². The number of hydrogen-bond donors (Lipinski definition) is 2. The van der Waals surface area contributed by atoms with Gasteiger partial charge in [-0.05, 0) is 81.4 Å². The molecule has 1 aromatic heterocycles. The fourth-order valence-corrected chi connectivity index (χ4v) is 3.91. The first kappa shape index (κ1) is 27.2. The highest BCUT2D eigenvalue weighted by Crippen LogP contribution is 2.25. The van der Waals surface area contributed by atoms with Crippen LogP contribution in [-0.2, 0) is 0 Å². The number of aryl methyl sites for hydroxylation is 1. The van der Waals surface area contributed by atoms with Crippen LogP contribution in [0.2, 0.25) is 5.02 Å². The zero-order valence-corrected chi connectivity index (χ0v) is 22.1. The maximum Gasteiger partial charge on any atom is 0.255 e. The molecule has 2 N–H and O–H groups in total. The summed E-state index contributed by atoms with van der Waals surface area (Å²) in [6.45, 7) is 6.24. The number of hydrogen-bond acceptors (Lipinski definition) is 5. The van der Waals surface area contributed by atoms with Gasteiger partial charge in [-0.1, -0.05) is 29.8 Å². The third kappa shape index (κ3) is 7.12. The molecule has 1 heterocycles. The summed E-state index contributed by atoms with van der Waals surface area (Å²) in [7, 11) is 0. The number of para-hydroxylation sites is 1. The molecular weight excluding hydrogens is 507 g/mol. The van der Waals surface area contributed by atoms with Crippen LogP contribution in [0.1, 0.15) is 28.2 Å². The van der Waals surface area contributed by atoms with E-state index in [4.69, 9.17) is 21.1 Å². The Labute approximate surface area is 226 Å². The van der Waals surface area contributed by atoms with Crippen molar-refractivity contribution in [2.75, 3.05) is 31.6 Å². The van der Waals surface area contributed by atoms with Crippen LogP contribution in [0.25, 0.3) is 5.69 Å². The van der Waals surface area contributed by atoms with Crippen LogP contribution in [0.15, 0.2) is 72.8 Å². The molecule has 0 atom stereocenters. The second-order valence-electron chi connectivity index (χ2n) is 8.65. The first-order valence-corrected chi connectivity index (χ1v) is 12.7. The molecule has 4 rings (SSSR count). The molecule has 0 radical (unpaired) electrons. The number of carbonyl (C=O) groups excluding carboxylic acids is 1. The first-order chi connectivity index (χ1) is 18.4. The summed E-state index contributed by atoms with van der Waals surface area (Å²) in [4.78, 5) is 12.6. The van der Waals surface area contributed by atoms with Gasteiger partial charge in [0.25, 0.3) is 5.91 Å². The zero-order valence-electron chi connectivity index (χ0n) is 21.3. The molecule has 0 fully saturated rings. The third-order valence-electron chi connectivity index (χ3n) is 5.81. The topological polar surface area (TPSA) is 77.4 Å². The number of amides is 1. The number of carbonyl (C=O) groups is 1. The van der Waals surface area contributed by atoms with Crippen molar-refractivity contribution in [3.05, 3.63) is 101 Å². The smallest absolute Gasteiger partial charge is 0.255 e. The Morgan fingerprint density at radius 3 is 2.34 bits per heavy atom. The van der Waals surface area contributed by atoms with Crippen LogP contribution in [0, 0.1) is 19.7 Å². The minimum Gasteiger partial charge on any atom is -0.494 e. The summed E-state index contributed by atoms with van der Waals surface area (Å²) in [5.41, 5.74) is 2.30. The fourth-order valence-electron chi connectivity index (χ4n) is 3.79. The van der Waals surface area contributed by atoms with Gasteiger partial charge in [0.1, 0.15) is 23.8 Å². The van der Waals surface area contributed by atoms with Crippen molar-refractivity contribution in [1.29, 1.82) is 0 Å². The average molecular weight is 537 g/mol. The summed E-state index contributed by atoms with van der Waals surface area (Å²) in [5, 5.41) is 10.8. The molecule has 1 amide bonds. The number of rotatable bonds is 12. The monoisotopic (exact) mass is 536 g/mol. The molecule has 4 aromatic rings. The maximum absolute atomic E-state index is 14.8. The SMILES string of the molecule is Cc1nn(-c2ccc(NC(=O)c3ccc(OCCCNCCOc4ccccc4)cc3)cc2F)c(C)c1Cl. The van der Waals surface area contributed by atoms with Gasteiger partial charge >= 0.3 is 0 Å². The highest BCUT2D eigenvalue weighted by atomic mass is 35.5. The molecule has 0 unspecified atom stereocenters. The van der Waals surface area contributed by atoms with Gasteiger partial charge < -0.3 is 20.1 Å². The number of halogens is 2. The molecule has 0 aliphatic heterocycles. The molecule has 38 heavy (non-hydrogen) atoms. The quantitative estimate of drug-likeness (QED) is 0.218. The summed E-state index contributed by atoms with van der Waals surface area (Å²) in [6.07, 6.45) is 0.832. The van der Waals surface area contributed by atoms with Crippen LogP contribution in [-0.4, -0.2) is 42.0 Å². The molecule has 0 saturated heterocycles. The van der Waals surface area contributed by atoms with E-state index in [1.165, 1.54) is 10.7 Å². The standard InChI is InChI=1S/C29H30ClFN4O3/c1-20-28(30)21(2)35(34-20)27-14-11-23(19-26(27)31)33-29(36)22-9-12-25(13-10-22)37-17-6-15-32-16-18-38-24-7-4-3-5-8-24/h3-5,7-14,19,32H,6,15-18H2,1-2H3,(H,33,36). The number of nitrogens with one attached hydrogen (secondary N) is 2. The molecule has 0 saturated carbocycles. The van der Waals surface area contributed by atoms with Crippen molar-refractivity contribution in [2.24, 2.45) is 0 Å². The van der Waals surface area contributed by atoms with E-state index in [2.05, 4.69) is 15.7 Å². The highest BCUT2D eigenvalue weighted by Gasteiger charge is 2.15. The van der Waals surface area contributed by atoms with Crippen molar-refractivity contribution in [1.82, 2.24) is 15.1 Å². The molecule has 7 nitrogen and oxygen atoms in total. The lowest BCUT2D eigenvalue weighted by atomic mass is 10.2. The molecular formula is C29H30ClFN4O3. The molecule has 198 valence electrons. The Bertz CT molecular complexity index is 1360. The Morgan fingerprint density at radius 2 is 1.66 bits per heavy atom. The molecule has 9 heteroatoms. The van der Waals surface area contributed by atoms with Crippen LogP contribution in [0.3, 0.4) is 0 Å². The number of aromatic nitrogens is 2. The molecule has 0 spiro atoms. The summed E-state index contributed by atoms with van der Waals surface area (Å²) in [5.74, 6) is 0.667. The Kier molecular flexibility index (Phi) is 9.35. The number of nitrogens with zero attached hydrogens (tertiary/aromatic N) is 2. The van der Waals surface area contributed by atoms with Gasteiger partial charge in [0, 0.05) is 17.8 Å². The second-order valence-corrected chi connectivity index (χ2v) is 9.03. The van der Waals surface area contributed by atoms with E-state index in [-0.39, 0.29) is 11.6 Å². The van der Waals surface area contributed by atoms with Crippen LogP contribution in [0.5, 0.6) is 11.5 Å². The van der Waals surface area contributed by atoms with E-state index in [1.807, 2.05) is 30.3 Å². The van der Waals surface area contributed by atoms with E-state index < -0.39 is 5.82 Å². The minimum atomic E-state index is -0.521. The fraction of sp³-hybridized carbons (Fsp3) is 0.241. The lowest BCUT2D eigenvalue weighted by Crippen LogP contribution is -2.23. The summed E-state index contributed by atoms with van der Waals surface area (Å²) >= 11 is 6.18. The summed E-state index contributed by atoms with van der Waals surface area (Å²) in [6, 6.07) is 21.0. The minimum absolute atomic E-state index is 0.257. The van der Waals surface area contributed by atoms with Crippen molar-refractivity contribution < 1.29 is 18.7 Å². The highest BCUT2D eigenvalue weighted by molar-refractivity contribution is 6.31. The number of anilines is 1. The van der Waals surface area contributed by atoms with E-state index in [1.54, 1.807) is 50.2 Å². The normalized spacial score (nSPS) is 10.8. The van der Waals surface area contributed by atoms with E-state index >= 15 is 0 Å². The Balaban J connectivity index is 1.19. The van der Waals surface area contributed by atoms with Gasteiger partial charge in [0.2, 0.25) is 0 Å². The van der Waals surface area contributed by atoms with Gasteiger partial charge in [-0.2, -0.15) is 5.10 Å². The lowest BCUT2D eigenvalue weighted by Gasteiger charge is -2.10. The van der Waals surface area contributed by atoms with Gasteiger partial charge in [0.15, 0.2) is 5.82 Å². The number of benzene rings is 3. The Morgan fingerprint density at radius 1 is 0.947 bits per heavy atom. The average Bonchev–Trinajstić information content (AvgIpc) is 3.18. The van der Waals surface area contributed by atoms with E-state index in [0.29, 0.717) is 46.6 Å². The summed E-state index contributed by atoms with van der Waals surface area (Å²) < 4.78 is 27.6. The van der Waals surface area contributed by atoms with Gasteiger partial charge in [0.05, 0.1) is 23.0 Å². The Hall–Kier alpha value is -3.88. The lowest BCUT2D eigenvalue weighted by molar-refractivity contribution is 0.102. The molecule has 0 aliphatic carbocycles. The largest absolute Gasteiger partial charge is 0.494 e. The van der Waals surface area contributed by atoms with Crippen molar-refractivity contribution in [2.45, 2.75) is 20.3 Å². The van der Waals surface area contributed by atoms with Gasteiger partial charge in [-0.15, -0.1) is 0 Å². The van der Waals surface area contributed by atoms with Gasteiger partial charge in [-0.25, -0.2) is 9.07 Å². The van der Waals surface area contributed by atoms with Crippen molar-refractivity contribution >= 4 is 23.2 Å². The maximum atomic E-state index is 14.8. The zero-order chi connectivity index (χ0) is 26.9. The molecule has 0 bridgehead atoms. The van der Waals surface area contributed by atoms with Crippen molar-refractivity contribution in [3.8, 4) is 17.2 Å². The third-order valence-corrected chi connectivity index (χ3v) is 6.36.